The van der Waals surface area contributed by atoms with E-state index in [0.717, 1.165) is 10.9 Å². The Hall–Kier alpha value is -3.14. The third-order valence-corrected chi connectivity index (χ3v) is 6.16. The van der Waals surface area contributed by atoms with Gasteiger partial charge in [-0.25, -0.2) is 8.42 Å². The van der Waals surface area contributed by atoms with Crippen molar-refractivity contribution < 1.29 is 26.3 Å². The molecule has 1 heterocycles. The molecule has 6 nitrogen and oxygen atoms in total. The lowest BCUT2D eigenvalue weighted by molar-refractivity contribution is -0.127. The minimum Gasteiger partial charge on any atom is -0.487 e. The van der Waals surface area contributed by atoms with Crippen LogP contribution in [0.15, 0.2) is 64.4 Å². The molecule has 182 valence electrons. The standard InChI is InChI=1S/C24H25F3N2O4S/c1-16(2)11-12-33-22-21(18-7-9-20(10-8-18)34(3,31)32)15-28-29(23(22)30)19-6-4-5-17(13-19)14-24(25,26)27/h4-10,13,15-16H,11-12,14H2,1-3H3. The number of benzene rings is 2. The maximum atomic E-state index is 13.3. The predicted molar refractivity (Wildman–Crippen MR) is 123 cm³/mol. The van der Waals surface area contributed by atoms with E-state index in [2.05, 4.69) is 5.10 Å². The summed E-state index contributed by atoms with van der Waals surface area (Å²) in [5, 5.41) is 4.16. The second-order valence-electron chi connectivity index (χ2n) is 8.39. The van der Waals surface area contributed by atoms with Crippen molar-refractivity contribution in [2.45, 2.75) is 37.8 Å². The Morgan fingerprint density at radius 1 is 1.09 bits per heavy atom. The van der Waals surface area contributed by atoms with Crippen molar-refractivity contribution in [2.24, 2.45) is 5.92 Å². The van der Waals surface area contributed by atoms with Crippen molar-refractivity contribution in [3.63, 3.8) is 0 Å². The minimum atomic E-state index is -4.38. The molecule has 0 radical (unpaired) electrons. The molecule has 3 aromatic rings. The summed E-state index contributed by atoms with van der Waals surface area (Å²) < 4.78 is 68.8. The van der Waals surface area contributed by atoms with E-state index in [1.54, 1.807) is 12.1 Å². The Balaban J connectivity index is 2.08. The van der Waals surface area contributed by atoms with Crippen molar-refractivity contribution in [1.29, 1.82) is 0 Å². The molecular weight excluding hydrogens is 469 g/mol. The Kier molecular flexibility index (Phi) is 7.50. The van der Waals surface area contributed by atoms with Crippen molar-refractivity contribution in [3.8, 4) is 22.6 Å². The van der Waals surface area contributed by atoms with Crippen LogP contribution in [0.1, 0.15) is 25.8 Å². The number of halogens is 3. The quantitative estimate of drug-likeness (QED) is 0.448. The van der Waals surface area contributed by atoms with Crippen LogP contribution in [-0.2, 0) is 16.3 Å². The summed E-state index contributed by atoms with van der Waals surface area (Å²) >= 11 is 0. The van der Waals surface area contributed by atoms with Crippen LogP contribution in [0.4, 0.5) is 13.2 Å². The number of nitrogens with zero attached hydrogens (tertiary/aromatic N) is 2. The third-order valence-electron chi connectivity index (χ3n) is 5.03. The molecule has 0 amide bonds. The van der Waals surface area contributed by atoms with E-state index in [1.165, 1.54) is 42.6 Å². The smallest absolute Gasteiger partial charge is 0.393 e. The molecule has 34 heavy (non-hydrogen) atoms. The van der Waals surface area contributed by atoms with Gasteiger partial charge in [-0.05, 0) is 47.7 Å². The number of hydrogen-bond donors (Lipinski definition) is 0. The summed E-state index contributed by atoms with van der Waals surface area (Å²) in [5.41, 5.74) is 0.435. The summed E-state index contributed by atoms with van der Waals surface area (Å²) in [4.78, 5) is 13.4. The molecule has 2 aromatic carbocycles. The van der Waals surface area contributed by atoms with Crippen LogP contribution in [0.25, 0.3) is 16.8 Å². The summed E-state index contributed by atoms with van der Waals surface area (Å²) in [6.07, 6.45) is -2.35. The van der Waals surface area contributed by atoms with Crippen LogP contribution in [-0.4, -0.2) is 37.2 Å². The van der Waals surface area contributed by atoms with Crippen LogP contribution in [0.5, 0.6) is 5.75 Å². The van der Waals surface area contributed by atoms with Crippen molar-refractivity contribution >= 4 is 9.84 Å². The number of alkyl halides is 3. The fourth-order valence-electron chi connectivity index (χ4n) is 3.27. The van der Waals surface area contributed by atoms with Gasteiger partial charge in [0.25, 0.3) is 0 Å². The molecule has 3 rings (SSSR count). The van der Waals surface area contributed by atoms with Gasteiger partial charge in [0.05, 0.1) is 29.8 Å². The van der Waals surface area contributed by atoms with Gasteiger partial charge in [0.1, 0.15) is 0 Å². The van der Waals surface area contributed by atoms with Gasteiger partial charge in [0, 0.05) is 11.8 Å². The topological polar surface area (TPSA) is 78.3 Å². The SMILES string of the molecule is CC(C)CCOc1c(-c2ccc(S(C)(=O)=O)cc2)cnn(-c2cccc(CC(F)(F)F)c2)c1=O. The van der Waals surface area contributed by atoms with Gasteiger partial charge in [-0.15, -0.1) is 0 Å². The number of hydrogen-bond acceptors (Lipinski definition) is 5. The molecular formula is C24H25F3N2O4S. The highest BCUT2D eigenvalue weighted by atomic mass is 32.2. The molecule has 0 saturated heterocycles. The van der Waals surface area contributed by atoms with Gasteiger partial charge in [0.15, 0.2) is 15.6 Å². The Labute approximate surface area is 195 Å². The third kappa shape index (κ3) is 6.47. The maximum absolute atomic E-state index is 13.3. The number of rotatable bonds is 8. The van der Waals surface area contributed by atoms with E-state index in [-0.39, 0.29) is 28.5 Å². The van der Waals surface area contributed by atoms with E-state index in [4.69, 9.17) is 4.74 Å². The molecule has 0 aliphatic heterocycles. The first-order chi connectivity index (χ1) is 15.8. The van der Waals surface area contributed by atoms with E-state index < -0.39 is 28.0 Å². The second-order valence-corrected chi connectivity index (χ2v) is 10.4. The first-order valence-electron chi connectivity index (χ1n) is 10.6. The van der Waals surface area contributed by atoms with Crippen LogP contribution >= 0.6 is 0 Å². The predicted octanol–water partition coefficient (Wildman–Crippen LogP) is 4.83. The van der Waals surface area contributed by atoms with Crippen molar-refractivity contribution in [1.82, 2.24) is 9.78 Å². The molecule has 0 N–H and O–H groups in total. The van der Waals surface area contributed by atoms with Gasteiger partial charge in [-0.3, -0.25) is 4.79 Å². The van der Waals surface area contributed by atoms with E-state index in [9.17, 15) is 26.4 Å². The number of sulfone groups is 1. The average molecular weight is 495 g/mol. The summed E-state index contributed by atoms with van der Waals surface area (Å²) in [5.74, 6) is 0.310. The van der Waals surface area contributed by atoms with Gasteiger partial charge in [0.2, 0.25) is 0 Å². The molecule has 0 fully saturated rings. The fourth-order valence-corrected chi connectivity index (χ4v) is 3.91. The Morgan fingerprint density at radius 3 is 2.35 bits per heavy atom. The number of aromatic nitrogens is 2. The molecule has 0 aliphatic rings. The summed E-state index contributed by atoms with van der Waals surface area (Å²) in [6, 6.07) is 11.5. The van der Waals surface area contributed by atoms with E-state index >= 15 is 0 Å². The van der Waals surface area contributed by atoms with Crippen molar-refractivity contribution in [2.75, 3.05) is 12.9 Å². The highest BCUT2D eigenvalue weighted by molar-refractivity contribution is 7.90. The Bertz CT molecular complexity index is 1320. The zero-order chi connectivity index (χ0) is 25.1. The molecule has 0 saturated carbocycles. The monoisotopic (exact) mass is 494 g/mol. The molecule has 10 heteroatoms. The lowest BCUT2D eigenvalue weighted by atomic mass is 10.1. The van der Waals surface area contributed by atoms with Crippen molar-refractivity contribution in [3.05, 3.63) is 70.6 Å². The first-order valence-corrected chi connectivity index (χ1v) is 12.5. The van der Waals surface area contributed by atoms with E-state index in [1.807, 2.05) is 13.8 Å². The highest BCUT2D eigenvalue weighted by Gasteiger charge is 2.27. The lowest BCUT2D eigenvalue weighted by Crippen LogP contribution is -2.24. The summed E-state index contributed by atoms with van der Waals surface area (Å²) in [6.45, 7) is 4.26. The Morgan fingerprint density at radius 2 is 1.76 bits per heavy atom. The molecule has 0 atom stereocenters. The molecule has 0 spiro atoms. The maximum Gasteiger partial charge on any atom is 0.393 e. The van der Waals surface area contributed by atoms with Gasteiger partial charge < -0.3 is 4.74 Å². The molecule has 0 aliphatic carbocycles. The van der Waals surface area contributed by atoms with Crippen LogP contribution in [0, 0.1) is 5.92 Å². The zero-order valence-electron chi connectivity index (χ0n) is 19.0. The number of ether oxygens (including phenoxy) is 1. The molecule has 1 aromatic heterocycles. The van der Waals surface area contributed by atoms with Crippen LogP contribution < -0.4 is 10.3 Å². The van der Waals surface area contributed by atoms with Crippen LogP contribution in [0.3, 0.4) is 0 Å². The summed E-state index contributed by atoms with van der Waals surface area (Å²) in [7, 11) is -3.40. The highest BCUT2D eigenvalue weighted by Crippen LogP contribution is 2.28. The average Bonchev–Trinajstić information content (AvgIpc) is 2.73. The molecule has 0 bridgehead atoms. The van der Waals surface area contributed by atoms with Crippen LogP contribution in [0.2, 0.25) is 0 Å². The fraction of sp³-hybridized carbons (Fsp3) is 0.333. The lowest BCUT2D eigenvalue weighted by Gasteiger charge is -2.15. The second kappa shape index (κ2) is 10.0. The largest absolute Gasteiger partial charge is 0.487 e. The van der Waals surface area contributed by atoms with Gasteiger partial charge in [-0.2, -0.15) is 23.0 Å². The normalized spacial score (nSPS) is 12.2. The van der Waals surface area contributed by atoms with E-state index in [0.29, 0.717) is 23.5 Å². The first kappa shape index (κ1) is 25.5. The van der Waals surface area contributed by atoms with Gasteiger partial charge >= 0.3 is 11.7 Å². The zero-order valence-corrected chi connectivity index (χ0v) is 19.8. The minimum absolute atomic E-state index is 0.00131. The molecule has 0 unspecified atom stereocenters. The van der Waals surface area contributed by atoms with Gasteiger partial charge in [-0.1, -0.05) is 38.1 Å².